The zero-order valence-electron chi connectivity index (χ0n) is 8.96. The third kappa shape index (κ3) is 1.37. The van der Waals surface area contributed by atoms with Crippen molar-refractivity contribution in [1.29, 1.82) is 0 Å². The molecule has 4 nitrogen and oxygen atoms in total. The fraction of sp³-hybridized carbons (Fsp3) is 0.455. The van der Waals surface area contributed by atoms with Gasteiger partial charge in [-0.05, 0) is 32.8 Å². The topological polar surface area (TPSA) is 53.6 Å². The van der Waals surface area contributed by atoms with Crippen molar-refractivity contribution in [2.24, 2.45) is 0 Å². The third-order valence-corrected chi connectivity index (χ3v) is 2.86. The summed E-state index contributed by atoms with van der Waals surface area (Å²) < 4.78 is 0. The summed E-state index contributed by atoms with van der Waals surface area (Å²) in [7, 11) is 0. The Hall–Kier alpha value is -1.58. The molecule has 0 fully saturated rings. The molecule has 0 saturated carbocycles. The third-order valence-electron chi connectivity index (χ3n) is 2.86. The summed E-state index contributed by atoms with van der Waals surface area (Å²) in [5.74, 6) is 0.959. The average molecular weight is 202 g/mol. The standard InChI is InChI=1S/C11H14N4/c1-6-3-4-8-10(12-6)15-9-5-7(2)13-11(9)14-8/h5-6H,3-4H2,1-2H3,(H,12,15)(H,13,14). The molecule has 1 aliphatic rings. The van der Waals surface area contributed by atoms with Gasteiger partial charge in [-0.25, -0.2) is 9.97 Å². The number of H-pyrrole nitrogens is 1. The van der Waals surface area contributed by atoms with E-state index in [0.717, 1.165) is 41.2 Å². The van der Waals surface area contributed by atoms with Crippen LogP contribution >= 0.6 is 0 Å². The van der Waals surface area contributed by atoms with Crippen molar-refractivity contribution in [2.45, 2.75) is 32.7 Å². The molecule has 4 heteroatoms. The fourth-order valence-corrected chi connectivity index (χ4v) is 2.05. The highest BCUT2D eigenvalue weighted by Gasteiger charge is 2.17. The Morgan fingerprint density at radius 1 is 1.40 bits per heavy atom. The molecule has 0 radical (unpaired) electrons. The zero-order valence-corrected chi connectivity index (χ0v) is 8.96. The van der Waals surface area contributed by atoms with Crippen molar-refractivity contribution in [1.82, 2.24) is 15.0 Å². The van der Waals surface area contributed by atoms with Crippen LogP contribution in [0.5, 0.6) is 0 Å². The van der Waals surface area contributed by atoms with Crippen LogP contribution in [0.25, 0.3) is 11.2 Å². The molecule has 0 aromatic carbocycles. The second kappa shape index (κ2) is 2.95. The first-order chi connectivity index (χ1) is 7.22. The van der Waals surface area contributed by atoms with Crippen molar-refractivity contribution < 1.29 is 0 Å². The molecule has 0 spiro atoms. The molecule has 2 aromatic heterocycles. The second-order valence-corrected chi connectivity index (χ2v) is 4.29. The molecule has 1 aliphatic heterocycles. The van der Waals surface area contributed by atoms with Gasteiger partial charge in [0.2, 0.25) is 0 Å². The Kier molecular flexibility index (Phi) is 1.71. The van der Waals surface area contributed by atoms with Crippen LogP contribution in [0.3, 0.4) is 0 Å². The van der Waals surface area contributed by atoms with Crippen LogP contribution in [0.2, 0.25) is 0 Å². The smallest absolute Gasteiger partial charge is 0.156 e. The van der Waals surface area contributed by atoms with Gasteiger partial charge in [-0.3, -0.25) is 0 Å². The minimum atomic E-state index is 0.504. The lowest BCUT2D eigenvalue weighted by Crippen LogP contribution is -2.23. The second-order valence-electron chi connectivity index (χ2n) is 4.29. The van der Waals surface area contributed by atoms with Gasteiger partial charge in [0.1, 0.15) is 11.3 Å². The molecule has 3 rings (SSSR count). The van der Waals surface area contributed by atoms with E-state index in [1.54, 1.807) is 0 Å². The highest BCUT2D eigenvalue weighted by molar-refractivity contribution is 5.74. The maximum atomic E-state index is 4.59. The van der Waals surface area contributed by atoms with E-state index in [0.29, 0.717) is 6.04 Å². The molecular weight excluding hydrogens is 188 g/mol. The van der Waals surface area contributed by atoms with E-state index in [-0.39, 0.29) is 0 Å². The zero-order chi connectivity index (χ0) is 10.4. The van der Waals surface area contributed by atoms with E-state index in [1.165, 1.54) is 0 Å². The highest BCUT2D eigenvalue weighted by Crippen LogP contribution is 2.23. The van der Waals surface area contributed by atoms with Gasteiger partial charge < -0.3 is 10.3 Å². The Balaban J connectivity index is 2.19. The summed E-state index contributed by atoms with van der Waals surface area (Å²) in [6.45, 7) is 4.20. The van der Waals surface area contributed by atoms with Gasteiger partial charge in [-0.2, -0.15) is 0 Å². The van der Waals surface area contributed by atoms with Gasteiger partial charge in [0.05, 0.1) is 5.69 Å². The van der Waals surface area contributed by atoms with Crippen molar-refractivity contribution in [2.75, 3.05) is 5.32 Å². The molecule has 1 unspecified atom stereocenters. The highest BCUT2D eigenvalue weighted by atomic mass is 15.1. The van der Waals surface area contributed by atoms with Gasteiger partial charge in [0, 0.05) is 11.7 Å². The summed E-state index contributed by atoms with van der Waals surface area (Å²) in [6, 6.07) is 2.54. The first-order valence-electron chi connectivity index (χ1n) is 5.35. The van der Waals surface area contributed by atoms with Crippen LogP contribution in [0.15, 0.2) is 6.07 Å². The van der Waals surface area contributed by atoms with Gasteiger partial charge in [0.15, 0.2) is 5.65 Å². The monoisotopic (exact) mass is 202 g/mol. The molecule has 2 aromatic rings. The van der Waals surface area contributed by atoms with Crippen LogP contribution in [0.4, 0.5) is 5.82 Å². The largest absolute Gasteiger partial charge is 0.366 e. The van der Waals surface area contributed by atoms with Crippen molar-refractivity contribution in [3.05, 3.63) is 17.5 Å². The average Bonchev–Trinajstić information content (AvgIpc) is 2.53. The number of hydrogen-bond donors (Lipinski definition) is 2. The van der Waals surface area contributed by atoms with Crippen molar-refractivity contribution in [3.8, 4) is 0 Å². The molecule has 15 heavy (non-hydrogen) atoms. The van der Waals surface area contributed by atoms with Crippen molar-refractivity contribution >= 4 is 17.0 Å². The summed E-state index contributed by atoms with van der Waals surface area (Å²) in [5.41, 5.74) is 4.05. The lowest BCUT2D eigenvalue weighted by atomic mass is 10.1. The van der Waals surface area contributed by atoms with E-state index in [2.05, 4.69) is 27.2 Å². The maximum Gasteiger partial charge on any atom is 0.156 e. The molecule has 0 bridgehead atoms. The number of aryl methyl sites for hydroxylation is 2. The predicted molar refractivity (Wildman–Crippen MR) is 60.0 cm³/mol. The first-order valence-corrected chi connectivity index (χ1v) is 5.35. The van der Waals surface area contributed by atoms with Crippen LogP contribution in [-0.4, -0.2) is 21.0 Å². The van der Waals surface area contributed by atoms with Gasteiger partial charge >= 0.3 is 0 Å². The van der Waals surface area contributed by atoms with Crippen LogP contribution < -0.4 is 5.32 Å². The fourth-order valence-electron chi connectivity index (χ4n) is 2.05. The van der Waals surface area contributed by atoms with Gasteiger partial charge in [-0.1, -0.05) is 0 Å². The number of aromatic nitrogens is 3. The molecule has 0 aliphatic carbocycles. The van der Waals surface area contributed by atoms with E-state index in [4.69, 9.17) is 0 Å². The Morgan fingerprint density at radius 2 is 2.27 bits per heavy atom. The van der Waals surface area contributed by atoms with E-state index in [9.17, 15) is 0 Å². The number of nitrogens with one attached hydrogen (secondary N) is 2. The maximum absolute atomic E-state index is 4.59. The summed E-state index contributed by atoms with van der Waals surface area (Å²) in [4.78, 5) is 12.4. The minimum absolute atomic E-state index is 0.504. The van der Waals surface area contributed by atoms with Crippen LogP contribution in [0, 0.1) is 6.92 Å². The summed E-state index contributed by atoms with van der Waals surface area (Å²) in [5, 5.41) is 3.37. The quantitative estimate of drug-likeness (QED) is 0.687. The predicted octanol–water partition coefficient (Wildman–Crippen LogP) is 2.01. The molecule has 1 atom stereocenters. The van der Waals surface area contributed by atoms with Crippen LogP contribution in [-0.2, 0) is 6.42 Å². The number of anilines is 1. The summed E-state index contributed by atoms with van der Waals surface area (Å²) in [6.07, 6.45) is 2.15. The molecular formula is C11H14N4. The lowest BCUT2D eigenvalue weighted by Gasteiger charge is -2.21. The van der Waals surface area contributed by atoms with E-state index in [1.807, 2.05) is 13.0 Å². The first kappa shape index (κ1) is 8.71. The number of fused-ring (bicyclic) bond motifs is 2. The van der Waals surface area contributed by atoms with Crippen molar-refractivity contribution in [3.63, 3.8) is 0 Å². The SMILES string of the molecule is Cc1cc2nc3c(nc2[nH]1)CCC(C)N3. The summed E-state index contributed by atoms with van der Waals surface area (Å²) >= 11 is 0. The molecule has 0 amide bonds. The number of hydrogen-bond acceptors (Lipinski definition) is 3. The van der Waals surface area contributed by atoms with Gasteiger partial charge in [0.25, 0.3) is 0 Å². The Labute approximate surface area is 88.1 Å². The van der Waals surface area contributed by atoms with E-state index < -0.39 is 0 Å². The van der Waals surface area contributed by atoms with E-state index >= 15 is 0 Å². The Bertz CT molecular complexity index is 515. The normalized spacial score (nSPS) is 20.0. The molecule has 78 valence electrons. The molecule has 3 heterocycles. The molecule has 2 N–H and O–H groups in total. The number of aromatic amines is 1. The molecule has 0 saturated heterocycles. The van der Waals surface area contributed by atoms with Gasteiger partial charge in [-0.15, -0.1) is 0 Å². The van der Waals surface area contributed by atoms with Crippen LogP contribution in [0.1, 0.15) is 24.7 Å². The lowest BCUT2D eigenvalue weighted by molar-refractivity contribution is 0.663. The number of nitrogens with zero attached hydrogens (tertiary/aromatic N) is 2. The Morgan fingerprint density at radius 3 is 3.13 bits per heavy atom. The number of rotatable bonds is 0. The minimum Gasteiger partial charge on any atom is -0.366 e.